The molecule has 1 aromatic heterocycles. The van der Waals surface area contributed by atoms with E-state index >= 15 is 0 Å². The highest BCUT2D eigenvalue weighted by Crippen LogP contribution is 2.34. The summed E-state index contributed by atoms with van der Waals surface area (Å²) in [5, 5.41) is 3.19. The summed E-state index contributed by atoms with van der Waals surface area (Å²) >= 11 is 0. The summed E-state index contributed by atoms with van der Waals surface area (Å²) in [4.78, 5) is 19.8. The van der Waals surface area contributed by atoms with Gasteiger partial charge in [-0.15, -0.1) is 0 Å². The minimum absolute atomic E-state index is 0.115. The van der Waals surface area contributed by atoms with Gasteiger partial charge < -0.3 is 9.88 Å². The number of hydrogen-bond donors (Lipinski definition) is 1. The van der Waals surface area contributed by atoms with E-state index in [0.29, 0.717) is 6.54 Å². The van der Waals surface area contributed by atoms with Crippen molar-refractivity contribution in [1.82, 2.24) is 19.8 Å². The predicted molar refractivity (Wildman–Crippen MR) is 115 cm³/mol. The average Bonchev–Trinajstić information content (AvgIpc) is 3.41. The Morgan fingerprint density at radius 3 is 2.45 bits per heavy atom. The second kappa shape index (κ2) is 8.62. The summed E-state index contributed by atoms with van der Waals surface area (Å²) in [6.45, 7) is 2.16. The topological polar surface area (TPSA) is 50.2 Å². The van der Waals surface area contributed by atoms with Crippen molar-refractivity contribution in [3.63, 3.8) is 0 Å². The maximum Gasteiger partial charge on any atom is 0.241 e. The predicted octanol–water partition coefficient (Wildman–Crippen LogP) is 2.71. The highest BCUT2D eigenvalue weighted by molar-refractivity contribution is 5.88. The van der Waals surface area contributed by atoms with Crippen LogP contribution < -0.4 is 5.32 Å². The van der Waals surface area contributed by atoms with Crippen LogP contribution in [0.5, 0.6) is 0 Å². The van der Waals surface area contributed by atoms with Gasteiger partial charge in [0.2, 0.25) is 5.91 Å². The van der Waals surface area contributed by atoms with Gasteiger partial charge in [-0.25, -0.2) is 4.98 Å². The molecule has 1 heterocycles. The summed E-state index contributed by atoms with van der Waals surface area (Å²) in [6, 6.07) is 18.9. The van der Waals surface area contributed by atoms with Crippen LogP contribution in [0.2, 0.25) is 0 Å². The van der Waals surface area contributed by atoms with Crippen molar-refractivity contribution >= 4 is 5.91 Å². The normalized spacial score (nSPS) is 14.7. The van der Waals surface area contributed by atoms with Gasteiger partial charge in [0.05, 0.1) is 6.33 Å². The number of aromatic nitrogens is 2. The number of hydrogen-bond acceptors (Lipinski definition) is 3. The number of benzene rings is 2. The zero-order valence-corrected chi connectivity index (χ0v) is 16.9. The molecule has 150 valence electrons. The number of fused-ring (bicyclic) bond motifs is 1. The van der Waals surface area contributed by atoms with Crippen molar-refractivity contribution in [2.45, 2.75) is 31.3 Å². The molecule has 1 N–H and O–H groups in total. The first-order chi connectivity index (χ1) is 14.2. The third-order valence-corrected chi connectivity index (χ3v) is 6.03. The van der Waals surface area contributed by atoms with Gasteiger partial charge in [0.25, 0.3) is 0 Å². The summed E-state index contributed by atoms with van der Waals surface area (Å²) in [5.74, 6) is 0.115. The van der Waals surface area contributed by atoms with Gasteiger partial charge in [0.1, 0.15) is 5.54 Å². The van der Waals surface area contributed by atoms with E-state index in [4.69, 9.17) is 0 Å². The first kappa shape index (κ1) is 19.4. The molecule has 5 heteroatoms. The van der Waals surface area contributed by atoms with Crippen LogP contribution in [0.3, 0.4) is 0 Å². The second-order valence-corrected chi connectivity index (χ2v) is 7.87. The van der Waals surface area contributed by atoms with Gasteiger partial charge in [-0.2, -0.15) is 0 Å². The molecule has 29 heavy (non-hydrogen) atoms. The van der Waals surface area contributed by atoms with Gasteiger partial charge in [0, 0.05) is 44.9 Å². The number of carbonyl (C=O) groups is 1. The smallest absolute Gasteiger partial charge is 0.241 e. The Balaban J connectivity index is 1.47. The number of rotatable bonds is 8. The second-order valence-electron chi connectivity index (χ2n) is 7.87. The fourth-order valence-corrected chi connectivity index (χ4v) is 4.24. The largest absolute Gasteiger partial charge is 0.353 e. The average molecular weight is 389 g/mol. The first-order valence-corrected chi connectivity index (χ1v) is 10.2. The number of imidazole rings is 1. The molecule has 0 saturated heterocycles. The number of nitrogens with one attached hydrogen (secondary N) is 1. The fraction of sp³-hybridized carbons (Fsp3) is 0.333. The molecule has 0 saturated carbocycles. The number of nitrogens with zero attached hydrogens (tertiary/aromatic N) is 3. The molecule has 4 rings (SSSR count). The van der Waals surface area contributed by atoms with Crippen molar-refractivity contribution in [1.29, 1.82) is 0 Å². The Kier molecular flexibility index (Phi) is 5.76. The van der Waals surface area contributed by atoms with Gasteiger partial charge >= 0.3 is 0 Å². The van der Waals surface area contributed by atoms with Gasteiger partial charge in [-0.3, -0.25) is 9.69 Å². The molecule has 1 aliphatic carbocycles. The lowest BCUT2D eigenvalue weighted by molar-refractivity contribution is -0.132. The van der Waals surface area contributed by atoms with Crippen LogP contribution in [0.15, 0.2) is 73.3 Å². The van der Waals surface area contributed by atoms with Crippen LogP contribution in [-0.4, -0.2) is 46.0 Å². The summed E-state index contributed by atoms with van der Waals surface area (Å²) in [7, 11) is 2.09. The zero-order chi connectivity index (χ0) is 20.1. The van der Waals surface area contributed by atoms with Crippen LogP contribution in [0.25, 0.3) is 0 Å². The maximum absolute atomic E-state index is 13.4. The monoisotopic (exact) mass is 388 g/mol. The first-order valence-electron chi connectivity index (χ1n) is 10.2. The summed E-state index contributed by atoms with van der Waals surface area (Å²) < 4.78 is 1.98. The zero-order valence-electron chi connectivity index (χ0n) is 16.9. The third kappa shape index (κ3) is 4.25. The maximum atomic E-state index is 13.4. The lowest BCUT2D eigenvalue weighted by Crippen LogP contribution is -2.59. The fourth-order valence-electron chi connectivity index (χ4n) is 4.24. The van der Waals surface area contributed by atoms with Crippen molar-refractivity contribution in [2.75, 3.05) is 20.1 Å². The molecule has 2 aromatic carbocycles. The van der Waals surface area contributed by atoms with Gasteiger partial charge in [0.15, 0.2) is 0 Å². The van der Waals surface area contributed by atoms with Gasteiger partial charge in [-0.05, 0) is 30.2 Å². The Morgan fingerprint density at radius 1 is 1.10 bits per heavy atom. The van der Waals surface area contributed by atoms with Crippen LogP contribution >= 0.6 is 0 Å². The van der Waals surface area contributed by atoms with Gasteiger partial charge in [-0.1, -0.05) is 54.6 Å². The SMILES string of the molecule is CN(CCc1ccccc1)C1(C(=O)NCCn2ccnc2)Cc2ccccc2C1. The molecule has 0 fully saturated rings. The molecule has 0 bridgehead atoms. The quantitative estimate of drug-likeness (QED) is 0.646. The Morgan fingerprint density at radius 2 is 1.79 bits per heavy atom. The number of likely N-dealkylation sites (N-methyl/N-ethyl adjacent to an activating group) is 1. The minimum Gasteiger partial charge on any atom is -0.353 e. The van der Waals surface area contributed by atoms with E-state index in [-0.39, 0.29) is 5.91 Å². The Hall–Kier alpha value is -2.92. The van der Waals surface area contributed by atoms with E-state index in [2.05, 4.69) is 70.8 Å². The molecular weight excluding hydrogens is 360 g/mol. The molecule has 0 spiro atoms. The number of amides is 1. The molecule has 5 nitrogen and oxygen atoms in total. The standard InChI is InChI=1S/C24H28N4O/c1-27(14-11-20-7-3-2-4-8-20)24(17-21-9-5-6-10-22(21)18-24)23(29)26-13-16-28-15-12-25-19-28/h2-10,12,15,19H,11,13-14,16-18H2,1H3,(H,26,29). The molecule has 3 aromatic rings. The Bertz CT molecular complexity index is 912. The molecular formula is C24H28N4O. The lowest BCUT2D eigenvalue weighted by Gasteiger charge is -2.37. The van der Waals surface area contributed by atoms with E-state index < -0.39 is 5.54 Å². The van der Waals surface area contributed by atoms with Crippen molar-refractivity contribution in [3.8, 4) is 0 Å². The van der Waals surface area contributed by atoms with Crippen LogP contribution in [-0.2, 0) is 30.6 Å². The van der Waals surface area contributed by atoms with Crippen LogP contribution in [0, 0.1) is 0 Å². The van der Waals surface area contributed by atoms with E-state index in [1.165, 1.54) is 16.7 Å². The molecule has 0 radical (unpaired) electrons. The summed E-state index contributed by atoms with van der Waals surface area (Å²) in [6.07, 6.45) is 7.89. The molecule has 0 atom stereocenters. The third-order valence-electron chi connectivity index (χ3n) is 6.03. The molecule has 0 aliphatic heterocycles. The van der Waals surface area contributed by atoms with Crippen molar-refractivity contribution in [2.24, 2.45) is 0 Å². The van der Waals surface area contributed by atoms with E-state index in [9.17, 15) is 4.79 Å². The van der Waals surface area contributed by atoms with Crippen molar-refractivity contribution in [3.05, 3.63) is 90.0 Å². The highest BCUT2D eigenvalue weighted by atomic mass is 16.2. The number of carbonyl (C=O) groups excluding carboxylic acids is 1. The van der Waals surface area contributed by atoms with E-state index in [1.54, 1.807) is 12.5 Å². The van der Waals surface area contributed by atoms with Crippen LogP contribution in [0.4, 0.5) is 0 Å². The molecule has 1 aliphatic rings. The molecule has 0 unspecified atom stereocenters. The van der Waals surface area contributed by atoms with Crippen molar-refractivity contribution < 1.29 is 4.79 Å². The van der Waals surface area contributed by atoms with E-state index in [0.717, 1.165) is 32.4 Å². The summed E-state index contributed by atoms with van der Waals surface area (Å²) in [5.41, 5.74) is 3.33. The highest BCUT2D eigenvalue weighted by Gasteiger charge is 2.46. The lowest BCUT2D eigenvalue weighted by atomic mass is 9.91. The Labute approximate surface area is 172 Å². The molecule has 1 amide bonds. The minimum atomic E-state index is -0.534. The van der Waals surface area contributed by atoms with E-state index in [1.807, 2.05) is 16.8 Å². The van der Waals surface area contributed by atoms with Crippen LogP contribution in [0.1, 0.15) is 16.7 Å².